The van der Waals surface area contributed by atoms with Gasteiger partial charge in [-0.1, -0.05) is 6.07 Å². The molecule has 4 heteroatoms. The van der Waals surface area contributed by atoms with Gasteiger partial charge >= 0.3 is 0 Å². The van der Waals surface area contributed by atoms with Crippen molar-refractivity contribution in [1.82, 2.24) is 4.90 Å². The molecule has 1 unspecified atom stereocenters. The van der Waals surface area contributed by atoms with E-state index < -0.39 is 0 Å². The Hall–Kier alpha value is -1.70. The van der Waals surface area contributed by atoms with Gasteiger partial charge in [-0.2, -0.15) is 5.26 Å². The molecule has 2 rings (SSSR count). The predicted molar refractivity (Wildman–Crippen MR) is 80.1 cm³/mol. The number of thiophene rings is 1. The smallest absolute Gasteiger partial charge is 0.123 e. The molecular formula is C16H17FN2S. The van der Waals surface area contributed by atoms with Crippen LogP contribution in [0, 0.1) is 17.1 Å². The summed E-state index contributed by atoms with van der Waals surface area (Å²) >= 11 is 1.75. The SMILES string of the molecule is CC(Cc1cccs1)N(C)Cc1cc(F)ccc1C#N. The second-order valence-electron chi connectivity index (χ2n) is 4.96. The summed E-state index contributed by atoms with van der Waals surface area (Å²) in [6.45, 7) is 2.72. The Labute approximate surface area is 123 Å². The van der Waals surface area contributed by atoms with E-state index in [0.717, 1.165) is 12.0 Å². The van der Waals surface area contributed by atoms with Crippen LogP contribution in [0.3, 0.4) is 0 Å². The van der Waals surface area contributed by atoms with Crippen molar-refractivity contribution in [2.24, 2.45) is 0 Å². The Morgan fingerprint density at radius 3 is 2.85 bits per heavy atom. The van der Waals surface area contributed by atoms with Crippen LogP contribution in [0.1, 0.15) is 22.9 Å². The standard InChI is InChI=1S/C16H17FN2S/c1-12(8-16-4-3-7-20-16)19(2)11-14-9-15(17)6-5-13(14)10-18/h3-7,9,12H,8,11H2,1-2H3. The van der Waals surface area contributed by atoms with Crippen molar-refractivity contribution < 1.29 is 4.39 Å². The maximum absolute atomic E-state index is 13.3. The summed E-state index contributed by atoms with van der Waals surface area (Å²) in [4.78, 5) is 3.49. The molecule has 0 aliphatic carbocycles. The van der Waals surface area contributed by atoms with Crippen LogP contribution in [-0.2, 0) is 13.0 Å². The molecule has 104 valence electrons. The van der Waals surface area contributed by atoms with Crippen LogP contribution < -0.4 is 0 Å². The number of rotatable bonds is 5. The zero-order valence-corrected chi connectivity index (χ0v) is 12.5. The maximum atomic E-state index is 13.3. The lowest BCUT2D eigenvalue weighted by molar-refractivity contribution is 0.248. The molecule has 0 bridgehead atoms. The first-order valence-corrected chi connectivity index (χ1v) is 7.39. The van der Waals surface area contributed by atoms with Gasteiger partial charge < -0.3 is 0 Å². The number of hydrogen-bond acceptors (Lipinski definition) is 3. The van der Waals surface area contributed by atoms with Crippen molar-refractivity contribution in [2.45, 2.75) is 25.9 Å². The average molecular weight is 288 g/mol. The van der Waals surface area contributed by atoms with Crippen molar-refractivity contribution >= 4 is 11.3 Å². The van der Waals surface area contributed by atoms with E-state index in [0.29, 0.717) is 18.2 Å². The number of hydrogen-bond donors (Lipinski definition) is 0. The highest BCUT2D eigenvalue weighted by molar-refractivity contribution is 7.09. The first kappa shape index (κ1) is 14.7. The number of halogens is 1. The molecule has 1 aromatic heterocycles. The first-order valence-electron chi connectivity index (χ1n) is 6.51. The molecule has 2 aromatic rings. The molecule has 0 amide bonds. The summed E-state index contributed by atoms with van der Waals surface area (Å²) in [5, 5.41) is 11.2. The Morgan fingerprint density at radius 1 is 1.40 bits per heavy atom. The molecular weight excluding hydrogens is 271 g/mol. The van der Waals surface area contributed by atoms with Gasteiger partial charge in [-0.25, -0.2) is 4.39 Å². The van der Waals surface area contributed by atoms with Gasteiger partial charge in [0.05, 0.1) is 11.6 Å². The lowest BCUT2D eigenvalue weighted by atomic mass is 10.1. The summed E-state index contributed by atoms with van der Waals surface area (Å²) in [6, 6.07) is 11.0. The van der Waals surface area contributed by atoms with Crippen molar-refractivity contribution in [3.05, 3.63) is 57.5 Å². The Bertz CT molecular complexity index is 601. The highest BCUT2D eigenvalue weighted by Crippen LogP contribution is 2.17. The summed E-state index contributed by atoms with van der Waals surface area (Å²) in [7, 11) is 2.00. The van der Waals surface area contributed by atoms with Gasteiger partial charge in [-0.05, 0) is 55.6 Å². The molecule has 0 saturated carbocycles. The molecule has 0 aliphatic heterocycles. The van der Waals surface area contributed by atoms with Crippen LogP contribution in [0.15, 0.2) is 35.7 Å². The van der Waals surface area contributed by atoms with E-state index in [1.807, 2.05) is 13.1 Å². The van der Waals surface area contributed by atoms with Gasteiger partial charge in [0.25, 0.3) is 0 Å². The normalized spacial score (nSPS) is 12.3. The van der Waals surface area contributed by atoms with Crippen LogP contribution in [0.5, 0.6) is 0 Å². The molecule has 0 N–H and O–H groups in total. The quantitative estimate of drug-likeness (QED) is 0.836. The predicted octanol–water partition coefficient (Wildman–Crippen LogP) is 3.82. The van der Waals surface area contributed by atoms with E-state index in [2.05, 4.69) is 29.3 Å². The molecule has 1 heterocycles. The minimum absolute atomic E-state index is 0.293. The summed E-state index contributed by atoms with van der Waals surface area (Å²) in [6.07, 6.45) is 0.964. The van der Waals surface area contributed by atoms with E-state index in [1.54, 1.807) is 17.4 Å². The van der Waals surface area contributed by atoms with E-state index in [9.17, 15) is 4.39 Å². The second kappa shape index (κ2) is 6.65. The van der Waals surface area contributed by atoms with Crippen molar-refractivity contribution in [3.63, 3.8) is 0 Å². The average Bonchev–Trinajstić information content (AvgIpc) is 2.91. The zero-order chi connectivity index (χ0) is 14.5. The largest absolute Gasteiger partial charge is 0.299 e. The summed E-state index contributed by atoms with van der Waals surface area (Å²) in [5.41, 5.74) is 1.29. The monoisotopic (exact) mass is 288 g/mol. The molecule has 1 aromatic carbocycles. The van der Waals surface area contributed by atoms with E-state index in [4.69, 9.17) is 5.26 Å². The third-order valence-corrected chi connectivity index (χ3v) is 4.34. The van der Waals surface area contributed by atoms with Crippen molar-refractivity contribution in [3.8, 4) is 6.07 Å². The van der Waals surface area contributed by atoms with E-state index >= 15 is 0 Å². The zero-order valence-electron chi connectivity index (χ0n) is 11.6. The molecule has 0 spiro atoms. The fourth-order valence-corrected chi connectivity index (χ4v) is 2.93. The Kier molecular flexibility index (Phi) is 4.89. The van der Waals surface area contributed by atoms with Gasteiger partial charge in [0.2, 0.25) is 0 Å². The second-order valence-corrected chi connectivity index (χ2v) is 5.99. The van der Waals surface area contributed by atoms with Crippen molar-refractivity contribution in [2.75, 3.05) is 7.05 Å². The van der Waals surface area contributed by atoms with Crippen LogP contribution in [0.2, 0.25) is 0 Å². The van der Waals surface area contributed by atoms with Crippen LogP contribution in [-0.4, -0.2) is 18.0 Å². The minimum atomic E-state index is -0.293. The Balaban J connectivity index is 2.05. The Morgan fingerprint density at radius 2 is 2.20 bits per heavy atom. The van der Waals surface area contributed by atoms with E-state index in [-0.39, 0.29) is 5.82 Å². The molecule has 1 atom stereocenters. The lowest BCUT2D eigenvalue weighted by Gasteiger charge is -2.24. The number of benzene rings is 1. The lowest BCUT2D eigenvalue weighted by Crippen LogP contribution is -2.30. The summed E-state index contributed by atoms with van der Waals surface area (Å²) < 4.78 is 13.3. The fraction of sp³-hybridized carbons (Fsp3) is 0.312. The third-order valence-electron chi connectivity index (χ3n) is 3.44. The molecule has 0 fully saturated rings. The van der Waals surface area contributed by atoms with Gasteiger partial charge in [0.1, 0.15) is 5.82 Å². The van der Waals surface area contributed by atoms with Gasteiger partial charge in [-0.3, -0.25) is 4.90 Å². The fourth-order valence-electron chi connectivity index (χ4n) is 2.10. The molecule has 2 nitrogen and oxygen atoms in total. The molecule has 0 aliphatic rings. The molecule has 0 radical (unpaired) electrons. The molecule has 20 heavy (non-hydrogen) atoms. The minimum Gasteiger partial charge on any atom is -0.299 e. The van der Waals surface area contributed by atoms with Gasteiger partial charge in [0.15, 0.2) is 0 Å². The van der Waals surface area contributed by atoms with Crippen LogP contribution in [0.4, 0.5) is 4.39 Å². The van der Waals surface area contributed by atoms with Crippen molar-refractivity contribution in [1.29, 1.82) is 5.26 Å². The first-order chi connectivity index (χ1) is 9.60. The van der Waals surface area contributed by atoms with Gasteiger partial charge in [-0.15, -0.1) is 11.3 Å². The number of likely N-dealkylation sites (N-methyl/N-ethyl adjacent to an activating group) is 1. The summed E-state index contributed by atoms with van der Waals surface area (Å²) in [5.74, 6) is -0.293. The highest BCUT2D eigenvalue weighted by Gasteiger charge is 2.13. The van der Waals surface area contributed by atoms with Gasteiger partial charge in [0, 0.05) is 17.5 Å². The van der Waals surface area contributed by atoms with E-state index in [1.165, 1.54) is 17.0 Å². The number of nitrogens with zero attached hydrogens (tertiary/aromatic N) is 2. The topological polar surface area (TPSA) is 27.0 Å². The van der Waals surface area contributed by atoms with Crippen LogP contribution >= 0.6 is 11.3 Å². The maximum Gasteiger partial charge on any atom is 0.123 e. The highest BCUT2D eigenvalue weighted by atomic mass is 32.1. The number of nitriles is 1. The third kappa shape index (κ3) is 3.66. The molecule has 0 saturated heterocycles. The van der Waals surface area contributed by atoms with Crippen LogP contribution in [0.25, 0.3) is 0 Å².